The quantitative estimate of drug-likeness (QED) is 0.527. The van der Waals surface area contributed by atoms with Gasteiger partial charge in [0, 0.05) is 31.7 Å². The normalized spacial score (nSPS) is 18.5. The summed E-state index contributed by atoms with van der Waals surface area (Å²) in [7, 11) is 0. The highest BCUT2D eigenvalue weighted by Gasteiger charge is 2.33. The van der Waals surface area contributed by atoms with Crippen LogP contribution in [0.3, 0.4) is 0 Å². The third kappa shape index (κ3) is 1.45. The third-order valence-electron chi connectivity index (χ3n) is 4.22. The van der Waals surface area contributed by atoms with Crippen molar-refractivity contribution >= 4 is 27.0 Å². The van der Waals surface area contributed by atoms with Crippen molar-refractivity contribution < 1.29 is 4.74 Å². The monoisotopic (exact) mass is 288 g/mol. The first-order valence-electron chi connectivity index (χ1n) is 7.07. The van der Waals surface area contributed by atoms with E-state index in [-0.39, 0.29) is 6.10 Å². The van der Waals surface area contributed by atoms with Gasteiger partial charge in [0.25, 0.3) is 0 Å². The molecule has 1 aromatic heterocycles. The molecule has 2 heterocycles. The average molecular weight is 288 g/mol. The SMILES string of the molecule is C1=COC2C(=C1)c1sc3ccccc3c1-c1ccccc12. The fourth-order valence-corrected chi connectivity index (χ4v) is 4.59. The van der Waals surface area contributed by atoms with Crippen LogP contribution in [0, 0.1) is 0 Å². The molecule has 0 N–H and O–H groups in total. The van der Waals surface area contributed by atoms with E-state index < -0.39 is 0 Å². The van der Waals surface area contributed by atoms with Crippen molar-refractivity contribution in [2.24, 2.45) is 0 Å². The van der Waals surface area contributed by atoms with Gasteiger partial charge < -0.3 is 4.74 Å². The van der Waals surface area contributed by atoms with Crippen LogP contribution < -0.4 is 0 Å². The van der Waals surface area contributed by atoms with Crippen LogP contribution in [0.1, 0.15) is 16.5 Å². The van der Waals surface area contributed by atoms with Gasteiger partial charge in [-0.1, -0.05) is 48.5 Å². The maximum atomic E-state index is 5.92. The van der Waals surface area contributed by atoms with Gasteiger partial charge in [0.15, 0.2) is 0 Å². The van der Waals surface area contributed by atoms with E-state index in [0.717, 1.165) is 0 Å². The van der Waals surface area contributed by atoms with Crippen molar-refractivity contribution in [1.82, 2.24) is 0 Å². The van der Waals surface area contributed by atoms with Crippen LogP contribution in [0.5, 0.6) is 0 Å². The molecule has 0 fully saturated rings. The van der Waals surface area contributed by atoms with Crippen molar-refractivity contribution in [1.29, 1.82) is 0 Å². The Labute approximate surface area is 126 Å². The van der Waals surface area contributed by atoms with Gasteiger partial charge in [0.1, 0.15) is 6.10 Å². The first kappa shape index (κ1) is 11.4. The first-order valence-corrected chi connectivity index (χ1v) is 7.88. The summed E-state index contributed by atoms with van der Waals surface area (Å²) in [6, 6.07) is 17.3. The average Bonchev–Trinajstić information content (AvgIpc) is 2.95. The second-order valence-electron chi connectivity index (χ2n) is 5.36. The van der Waals surface area contributed by atoms with E-state index in [1.54, 1.807) is 6.26 Å². The molecule has 1 aliphatic heterocycles. The predicted molar refractivity (Wildman–Crippen MR) is 88.2 cm³/mol. The summed E-state index contributed by atoms with van der Waals surface area (Å²) in [5.41, 5.74) is 5.23. The Morgan fingerprint density at radius 3 is 2.81 bits per heavy atom. The molecule has 0 amide bonds. The topological polar surface area (TPSA) is 9.23 Å². The lowest BCUT2D eigenvalue weighted by atomic mass is 9.83. The summed E-state index contributed by atoms with van der Waals surface area (Å²) in [4.78, 5) is 1.35. The number of hydrogen-bond acceptors (Lipinski definition) is 2. The van der Waals surface area contributed by atoms with E-state index in [1.165, 1.54) is 37.2 Å². The maximum absolute atomic E-state index is 5.92. The summed E-state index contributed by atoms with van der Waals surface area (Å²) in [5, 5.41) is 1.35. The van der Waals surface area contributed by atoms with Crippen molar-refractivity contribution in [2.45, 2.75) is 6.10 Å². The number of rotatable bonds is 0. The highest BCUT2D eigenvalue weighted by molar-refractivity contribution is 7.20. The second-order valence-corrected chi connectivity index (χ2v) is 6.41. The van der Waals surface area contributed by atoms with Gasteiger partial charge in [-0.3, -0.25) is 0 Å². The lowest BCUT2D eigenvalue weighted by molar-refractivity contribution is 0.195. The molecule has 1 atom stereocenters. The second kappa shape index (κ2) is 4.09. The Kier molecular flexibility index (Phi) is 2.21. The molecule has 100 valence electrons. The van der Waals surface area contributed by atoms with E-state index >= 15 is 0 Å². The van der Waals surface area contributed by atoms with Crippen LogP contribution in [0.2, 0.25) is 0 Å². The Morgan fingerprint density at radius 1 is 0.952 bits per heavy atom. The fraction of sp³-hybridized carbons (Fsp3) is 0.0526. The fourth-order valence-electron chi connectivity index (χ4n) is 3.33. The van der Waals surface area contributed by atoms with E-state index in [4.69, 9.17) is 4.74 Å². The van der Waals surface area contributed by atoms with Gasteiger partial charge in [0.05, 0.1) is 6.26 Å². The van der Waals surface area contributed by atoms with Crippen molar-refractivity contribution in [2.75, 3.05) is 0 Å². The van der Waals surface area contributed by atoms with Crippen LogP contribution >= 0.6 is 11.3 Å². The van der Waals surface area contributed by atoms with E-state index in [1.807, 2.05) is 17.4 Å². The molecule has 3 aromatic rings. The summed E-state index contributed by atoms with van der Waals surface area (Å²) < 4.78 is 7.26. The largest absolute Gasteiger partial charge is 0.489 e. The van der Waals surface area contributed by atoms with Gasteiger partial charge in [-0.2, -0.15) is 0 Å². The number of benzene rings is 2. The molecule has 0 saturated heterocycles. The molecule has 2 aliphatic rings. The molecule has 0 spiro atoms. The summed E-state index contributed by atoms with van der Waals surface area (Å²) in [6.07, 6.45) is 6.02. The minimum Gasteiger partial charge on any atom is -0.489 e. The third-order valence-corrected chi connectivity index (χ3v) is 5.44. The van der Waals surface area contributed by atoms with Gasteiger partial charge in [-0.05, 0) is 17.7 Å². The zero-order chi connectivity index (χ0) is 13.8. The minimum absolute atomic E-state index is 0.0340. The molecule has 1 nitrogen and oxygen atoms in total. The van der Waals surface area contributed by atoms with Crippen molar-refractivity contribution in [3.8, 4) is 11.1 Å². The highest BCUT2D eigenvalue weighted by Crippen LogP contribution is 2.53. The number of allylic oxidation sites excluding steroid dienone is 2. The van der Waals surface area contributed by atoms with Gasteiger partial charge in [-0.25, -0.2) is 0 Å². The lowest BCUT2D eigenvalue weighted by Crippen LogP contribution is -2.11. The number of fused-ring (bicyclic) bond motifs is 8. The maximum Gasteiger partial charge on any atom is 0.150 e. The van der Waals surface area contributed by atoms with Gasteiger partial charge >= 0.3 is 0 Å². The van der Waals surface area contributed by atoms with E-state index in [2.05, 4.69) is 54.6 Å². The molecule has 2 aromatic carbocycles. The molecule has 0 bridgehead atoms. The summed E-state index contributed by atoms with van der Waals surface area (Å²) >= 11 is 1.87. The highest BCUT2D eigenvalue weighted by atomic mass is 32.1. The minimum atomic E-state index is 0.0340. The molecule has 1 aliphatic carbocycles. The number of hydrogen-bond donors (Lipinski definition) is 0. The zero-order valence-corrected chi connectivity index (χ0v) is 12.1. The molecular formula is C19H12OS. The molecule has 0 saturated carbocycles. The Bertz CT molecular complexity index is 930. The molecule has 1 unspecified atom stereocenters. The summed E-state index contributed by atoms with van der Waals surface area (Å²) in [6.45, 7) is 0. The zero-order valence-electron chi connectivity index (χ0n) is 11.2. The number of ether oxygens (including phenoxy) is 1. The molecule has 21 heavy (non-hydrogen) atoms. The van der Waals surface area contributed by atoms with E-state index in [0.29, 0.717) is 0 Å². The molecule has 5 rings (SSSR count). The molecule has 0 radical (unpaired) electrons. The Morgan fingerprint density at radius 2 is 1.81 bits per heavy atom. The van der Waals surface area contributed by atoms with Crippen molar-refractivity contribution in [3.05, 3.63) is 77.4 Å². The standard InChI is InChI=1S/C19H12OS/c1-2-7-13-12(6-1)17-14-8-3-4-10-16(14)21-19(17)15-9-5-11-20-18(13)15/h1-11,18H. The van der Waals surface area contributed by atoms with Crippen molar-refractivity contribution in [3.63, 3.8) is 0 Å². The van der Waals surface area contributed by atoms with Crippen LogP contribution in [0.4, 0.5) is 0 Å². The van der Waals surface area contributed by atoms with Gasteiger partial charge in [-0.15, -0.1) is 11.3 Å². The number of thiophene rings is 1. The smallest absolute Gasteiger partial charge is 0.150 e. The van der Waals surface area contributed by atoms with Crippen LogP contribution in [0.25, 0.3) is 26.8 Å². The Balaban J connectivity index is 1.96. The Hall–Kier alpha value is -2.32. The molecule has 2 heteroatoms. The lowest BCUT2D eigenvalue weighted by Gasteiger charge is -2.29. The predicted octanol–water partition coefficient (Wildman–Crippen LogP) is 5.55. The first-order chi connectivity index (χ1) is 10.4. The van der Waals surface area contributed by atoms with Gasteiger partial charge in [0.2, 0.25) is 0 Å². The van der Waals surface area contributed by atoms with Crippen LogP contribution in [-0.4, -0.2) is 0 Å². The summed E-state index contributed by atoms with van der Waals surface area (Å²) in [5.74, 6) is 0. The van der Waals surface area contributed by atoms with E-state index in [9.17, 15) is 0 Å². The van der Waals surface area contributed by atoms with Crippen LogP contribution in [-0.2, 0) is 4.74 Å². The molecular weight excluding hydrogens is 276 g/mol. The van der Waals surface area contributed by atoms with Crippen LogP contribution in [0.15, 0.2) is 66.9 Å².